The van der Waals surface area contributed by atoms with E-state index in [1.165, 1.54) is 26.0 Å². The predicted octanol–water partition coefficient (Wildman–Crippen LogP) is -0.0467. The van der Waals surface area contributed by atoms with Gasteiger partial charge < -0.3 is 15.5 Å². The van der Waals surface area contributed by atoms with E-state index in [0.717, 1.165) is 0 Å². The summed E-state index contributed by atoms with van der Waals surface area (Å²) in [6.45, 7) is 2.17. The van der Waals surface area contributed by atoms with Crippen LogP contribution in [0.1, 0.15) is 24.2 Å². The van der Waals surface area contributed by atoms with E-state index in [1.54, 1.807) is 12.1 Å². The van der Waals surface area contributed by atoms with Crippen LogP contribution in [0.5, 0.6) is 0 Å². The van der Waals surface area contributed by atoms with Crippen molar-refractivity contribution in [1.82, 2.24) is 5.32 Å². The zero-order chi connectivity index (χ0) is 15.4. The van der Waals surface area contributed by atoms with Crippen molar-refractivity contribution in [1.29, 1.82) is 0 Å². The van der Waals surface area contributed by atoms with Crippen LogP contribution >= 0.6 is 0 Å². The number of carbonyl (C=O) groups is 1. The molecule has 1 aromatic carbocycles. The maximum Gasteiger partial charge on any atom is 0.252 e. The van der Waals surface area contributed by atoms with Crippen molar-refractivity contribution >= 4 is 15.7 Å². The zero-order valence-electron chi connectivity index (χ0n) is 11.5. The van der Waals surface area contributed by atoms with Crippen molar-refractivity contribution in [3.05, 3.63) is 29.8 Å². The molecule has 0 fully saturated rings. The number of benzene rings is 1. The molecule has 0 saturated heterocycles. The summed E-state index contributed by atoms with van der Waals surface area (Å²) in [5.74, 6) is -0.711. The molecule has 0 aliphatic carbocycles. The van der Waals surface area contributed by atoms with Crippen molar-refractivity contribution in [3.8, 4) is 0 Å². The highest BCUT2D eigenvalue weighted by molar-refractivity contribution is 7.91. The summed E-state index contributed by atoms with van der Waals surface area (Å²) in [5, 5.41) is 20.9. The van der Waals surface area contributed by atoms with Gasteiger partial charge in [0.25, 0.3) is 5.91 Å². The van der Waals surface area contributed by atoms with E-state index in [9.17, 15) is 18.3 Å². The van der Waals surface area contributed by atoms with Crippen molar-refractivity contribution in [2.24, 2.45) is 0 Å². The van der Waals surface area contributed by atoms with E-state index in [-0.39, 0.29) is 22.8 Å². The first-order valence-electron chi connectivity index (χ1n) is 6.17. The number of hydrogen-bond donors (Lipinski definition) is 3. The molecular formula is C13H19NO5S. The van der Waals surface area contributed by atoms with Gasteiger partial charge in [-0.05, 0) is 19.1 Å². The number of hydrogen-bond acceptors (Lipinski definition) is 5. The van der Waals surface area contributed by atoms with Gasteiger partial charge in [0.15, 0.2) is 9.84 Å². The molecule has 112 valence electrons. The third kappa shape index (κ3) is 4.03. The van der Waals surface area contributed by atoms with Crippen LogP contribution in [0.4, 0.5) is 0 Å². The second kappa shape index (κ2) is 6.34. The Morgan fingerprint density at radius 3 is 2.50 bits per heavy atom. The van der Waals surface area contributed by atoms with Gasteiger partial charge in [-0.15, -0.1) is 0 Å². The molecule has 1 unspecified atom stereocenters. The second-order valence-electron chi connectivity index (χ2n) is 4.74. The van der Waals surface area contributed by atoms with E-state index < -0.39 is 28.0 Å². The van der Waals surface area contributed by atoms with E-state index in [0.29, 0.717) is 0 Å². The maximum absolute atomic E-state index is 12.0. The fourth-order valence-electron chi connectivity index (χ4n) is 1.50. The minimum atomic E-state index is -3.51. The average Bonchev–Trinajstić information content (AvgIpc) is 2.45. The molecule has 0 spiro atoms. The highest BCUT2D eigenvalue weighted by Gasteiger charge is 2.23. The Kier molecular flexibility index (Phi) is 5.27. The summed E-state index contributed by atoms with van der Waals surface area (Å²) < 4.78 is 23.8. The standard InChI is InChI=1S/C13H19NO5S/c1-3-20(18,19)11-7-5-4-6-10(11)12(16)14-8-13(2,17)9-15/h4-7,15,17H,3,8-9H2,1-2H3,(H,14,16). The third-order valence-corrected chi connectivity index (χ3v) is 4.60. The van der Waals surface area contributed by atoms with Gasteiger partial charge in [-0.1, -0.05) is 19.1 Å². The molecule has 0 saturated carbocycles. The van der Waals surface area contributed by atoms with Crippen molar-refractivity contribution in [3.63, 3.8) is 0 Å². The summed E-state index contributed by atoms with van der Waals surface area (Å²) in [7, 11) is -3.51. The van der Waals surface area contributed by atoms with Crippen LogP contribution < -0.4 is 5.32 Å². The molecule has 3 N–H and O–H groups in total. The number of sulfone groups is 1. The number of carbonyl (C=O) groups excluding carboxylic acids is 1. The van der Waals surface area contributed by atoms with Crippen molar-refractivity contribution < 1.29 is 23.4 Å². The maximum atomic E-state index is 12.0. The summed E-state index contributed by atoms with van der Waals surface area (Å²) in [4.78, 5) is 12.0. The van der Waals surface area contributed by atoms with Gasteiger partial charge in [-0.2, -0.15) is 0 Å². The molecule has 0 aromatic heterocycles. The molecule has 0 aliphatic heterocycles. The molecule has 7 heteroatoms. The average molecular weight is 301 g/mol. The van der Waals surface area contributed by atoms with E-state index in [1.807, 2.05) is 0 Å². The van der Waals surface area contributed by atoms with Crippen LogP contribution in [0.25, 0.3) is 0 Å². The fourth-order valence-corrected chi connectivity index (χ4v) is 2.60. The van der Waals surface area contributed by atoms with Gasteiger partial charge in [0.2, 0.25) is 0 Å². The van der Waals surface area contributed by atoms with Gasteiger partial charge in [0.1, 0.15) is 5.60 Å². The van der Waals surface area contributed by atoms with Crippen LogP contribution in [-0.2, 0) is 9.84 Å². The second-order valence-corrected chi connectivity index (χ2v) is 6.98. The lowest BCUT2D eigenvalue weighted by Crippen LogP contribution is -2.43. The van der Waals surface area contributed by atoms with Gasteiger partial charge in [0.05, 0.1) is 22.8 Å². The van der Waals surface area contributed by atoms with Crippen LogP contribution in [0.3, 0.4) is 0 Å². The van der Waals surface area contributed by atoms with Gasteiger partial charge >= 0.3 is 0 Å². The third-order valence-electron chi connectivity index (χ3n) is 2.82. The SMILES string of the molecule is CCS(=O)(=O)c1ccccc1C(=O)NCC(C)(O)CO. The monoisotopic (exact) mass is 301 g/mol. The molecule has 0 aliphatic rings. The van der Waals surface area contributed by atoms with Crippen LogP contribution in [0, 0.1) is 0 Å². The smallest absolute Gasteiger partial charge is 0.252 e. The number of rotatable bonds is 6. The van der Waals surface area contributed by atoms with Crippen LogP contribution in [0.2, 0.25) is 0 Å². The molecule has 1 rings (SSSR count). The predicted molar refractivity (Wildman–Crippen MR) is 74.2 cm³/mol. The normalized spacial score (nSPS) is 14.6. The molecule has 1 amide bonds. The first kappa shape index (κ1) is 16.6. The van der Waals surface area contributed by atoms with Crippen LogP contribution in [-0.4, -0.2) is 49.0 Å². The topological polar surface area (TPSA) is 104 Å². The Morgan fingerprint density at radius 1 is 1.35 bits per heavy atom. The summed E-state index contributed by atoms with van der Waals surface area (Å²) in [6.07, 6.45) is 0. The molecule has 1 aromatic rings. The largest absolute Gasteiger partial charge is 0.393 e. The lowest BCUT2D eigenvalue weighted by Gasteiger charge is -2.21. The lowest BCUT2D eigenvalue weighted by atomic mass is 10.1. The summed E-state index contributed by atoms with van der Waals surface area (Å²) >= 11 is 0. The highest BCUT2D eigenvalue weighted by atomic mass is 32.2. The minimum absolute atomic E-state index is 0.0306. The van der Waals surface area contributed by atoms with E-state index in [4.69, 9.17) is 5.11 Å². The van der Waals surface area contributed by atoms with Crippen molar-refractivity contribution in [2.45, 2.75) is 24.3 Å². The minimum Gasteiger partial charge on any atom is -0.393 e. The number of amides is 1. The first-order chi connectivity index (χ1) is 9.23. The van der Waals surface area contributed by atoms with Gasteiger partial charge in [-0.3, -0.25) is 4.79 Å². The molecule has 0 radical (unpaired) electrons. The number of aliphatic hydroxyl groups excluding tert-OH is 1. The zero-order valence-corrected chi connectivity index (χ0v) is 12.3. The molecular weight excluding hydrogens is 282 g/mol. The molecule has 20 heavy (non-hydrogen) atoms. The molecule has 0 heterocycles. The highest BCUT2D eigenvalue weighted by Crippen LogP contribution is 2.17. The fraction of sp³-hybridized carbons (Fsp3) is 0.462. The summed E-state index contributed by atoms with van der Waals surface area (Å²) in [6, 6.07) is 5.89. The van der Waals surface area contributed by atoms with Gasteiger partial charge in [0, 0.05) is 6.54 Å². The lowest BCUT2D eigenvalue weighted by molar-refractivity contribution is 0.00317. The molecule has 1 atom stereocenters. The Bertz CT molecular complexity index is 580. The Balaban J connectivity index is 3.01. The molecule has 0 bridgehead atoms. The quantitative estimate of drug-likeness (QED) is 0.683. The Morgan fingerprint density at radius 2 is 1.95 bits per heavy atom. The van der Waals surface area contributed by atoms with E-state index in [2.05, 4.69) is 5.32 Å². The van der Waals surface area contributed by atoms with E-state index >= 15 is 0 Å². The van der Waals surface area contributed by atoms with Gasteiger partial charge in [-0.25, -0.2) is 8.42 Å². The van der Waals surface area contributed by atoms with Crippen LogP contribution in [0.15, 0.2) is 29.2 Å². The first-order valence-corrected chi connectivity index (χ1v) is 7.82. The van der Waals surface area contributed by atoms with Crippen molar-refractivity contribution in [2.75, 3.05) is 18.9 Å². The Labute approximate surface area is 118 Å². The Hall–Kier alpha value is -1.44. The number of aliphatic hydroxyl groups is 2. The number of nitrogens with one attached hydrogen (secondary N) is 1. The molecule has 6 nitrogen and oxygen atoms in total. The summed E-state index contributed by atoms with van der Waals surface area (Å²) in [5.41, 5.74) is -1.42.